The minimum absolute atomic E-state index is 0.0741. The van der Waals surface area contributed by atoms with Crippen molar-refractivity contribution in [2.24, 2.45) is 17.3 Å². The van der Waals surface area contributed by atoms with Crippen LogP contribution < -0.4 is 0 Å². The molecule has 2 aromatic carbocycles. The molecule has 0 aliphatic heterocycles. The zero-order chi connectivity index (χ0) is 24.8. The van der Waals surface area contributed by atoms with Crippen LogP contribution in [0.25, 0.3) is 0 Å². The van der Waals surface area contributed by atoms with Crippen molar-refractivity contribution in [3.8, 4) is 0 Å². The standard InChI is InChI=1S/C11H24O2.C7H6O2.C6H6O3S/c1-9(2)5-6-11(7-12,8-13)10(3)4;8-7(9)6-4-2-1-3-5-6;7-10(8,9)6-4-2-1-3-5-6/h9-10,12-13H,5-8H2,1-4H3;1-5H,(H,8,9);1-5H,(H,7,8,9). The van der Waals surface area contributed by atoms with E-state index in [1.807, 2.05) is 0 Å². The van der Waals surface area contributed by atoms with E-state index in [-0.39, 0.29) is 23.5 Å². The van der Waals surface area contributed by atoms with Gasteiger partial charge in [0, 0.05) is 5.41 Å². The summed E-state index contributed by atoms with van der Waals surface area (Å²) in [5.74, 6) is 0.0908. The summed E-state index contributed by atoms with van der Waals surface area (Å²) in [6.45, 7) is 8.64. The number of hydrogen-bond donors (Lipinski definition) is 4. The summed E-state index contributed by atoms with van der Waals surface area (Å²) in [7, 11) is -4.00. The second kappa shape index (κ2) is 14.7. The molecule has 0 aromatic heterocycles. The first-order valence-corrected chi connectivity index (χ1v) is 11.9. The molecule has 0 atom stereocenters. The van der Waals surface area contributed by atoms with Crippen LogP contribution in [0.3, 0.4) is 0 Å². The number of carboxylic acids is 1. The number of aliphatic hydroxyl groups excluding tert-OH is 2. The van der Waals surface area contributed by atoms with Crippen LogP contribution in [-0.4, -0.2) is 47.5 Å². The molecule has 0 aliphatic rings. The van der Waals surface area contributed by atoms with Crippen molar-refractivity contribution in [1.82, 2.24) is 0 Å². The molecule has 0 aliphatic carbocycles. The molecule has 0 heterocycles. The molecule has 4 N–H and O–H groups in total. The second-order valence-corrected chi connectivity index (χ2v) is 9.65. The molecule has 2 rings (SSSR count). The minimum atomic E-state index is -4.00. The number of hydrogen-bond acceptors (Lipinski definition) is 5. The molecule has 7 nitrogen and oxygen atoms in total. The molecule has 0 amide bonds. The number of rotatable bonds is 8. The topological polar surface area (TPSA) is 132 Å². The summed E-state index contributed by atoms with van der Waals surface area (Å²) in [5, 5.41) is 27.0. The van der Waals surface area contributed by atoms with E-state index in [2.05, 4.69) is 27.7 Å². The molecular weight excluding hydrogens is 432 g/mol. The summed E-state index contributed by atoms with van der Waals surface area (Å²) in [6.07, 6.45) is 1.98. The van der Waals surface area contributed by atoms with Crippen LogP contribution in [0.4, 0.5) is 0 Å². The number of carbonyl (C=O) groups is 1. The summed E-state index contributed by atoms with van der Waals surface area (Å²) in [5.41, 5.74) is 0.0575. The largest absolute Gasteiger partial charge is 0.478 e. The Labute approximate surface area is 191 Å². The highest BCUT2D eigenvalue weighted by Crippen LogP contribution is 2.33. The quantitative estimate of drug-likeness (QED) is 0.423. The monoisotopic (exact) mass is 468 g/mol. The highest BCUT2D eigenvalue weighted by Gasteiger charge is 2.32. The van der Waals surface area contributed by atoms with Gasteiger partial charge in [-0.2, -0.15) is 8.42 Å². The third kappa shape index (κ3) is 11.4. The third-order valence-corrected chi connectivity index (χ3v) is 6.00. The lowest BCUT2D eigenvalue weighted by Gasteiger charge is -2.34. The van der Waals surface area contributed by atoms with E-state index in [4.69, 9.17) is 9.66 Å². The van der Waals surface area contributed by atoms with Crippen LogP contribution in [0.1, 0.15) is 50.9 Å². The molecule has 0 saturated heterocycles. The Hall–Kier alpha value is -2.26. The van der Waals surface area contributed by atoms with Gasteiger partial charge in [0.15, 0.2) is 0 Å². The Morgan fingerprint density at radius 2 is 1.31 bits per heavy atom. The highest BCUT2D eigenvalue weighted by atomic mass is 32.2. The first-order valence-electron chi connectivity index (χ1n) is 10.4. The van der Waals surface area contributed by atoms with Crippen LogP contribution in [0, 0.1) is 17.3 Å². The van der Waals surface area contributed by atoms with E-state index < -0.39 is 16.1 Å². The minimum Gasteiger partial charge on any atom is -0.478 e. The zero-order valence-corrected chi connectivity index (χ0v) is 20.0. The summed E-state index contributed by atoms with van der Waals surface area (Å²) in [6, 6.07) is 15.7. The lowest BCUT2D eigenvalue weighted by Crippen LogP contribution is -2.35. The second-order valence-electron chi connectivity index (χ2n) is 8.23. The zero-order valence-electron chi connectivity index (χ0n) is 19.2. The normalized spacial score (nSPS) is 11.3. The Balaban J connectivity index is 0.000000458. The predicted octanol–water partition coefficient (Wildman–Crippen LogP) is 4.37. The summed E-state index contributed by atoms with van der Waals surface area (Å²) in [4.78, 5) is 10.1. The maximum absolute atomic E-state index is 10.4. The molecule has 0 fully saturated rings. The average molecular weight is 469 g/mol. The van der Waals surface area contributed by atoms with Gasteiger partial charge in [0.1, 0.15) is 0 Å². The maximum atomic E-state index is 10.4. The molecule has 0 radical (unpaired) electrons. The third-order valence-electron chi connectivity index (χ3n) is 5.14. The first-order chi connectivity index (χ1) is 14.9. The van der Waals surface area contributed by atoms with Crippen molar-refractivity contribution in [3.63, 3.8) is 0 Å². The van der Waals surface area contributed by atoms with Gasteiger partial charge in [0.2, 0.25) is 0 Å². The van der Waals surface area contributed by atoms with Crippen LogP contribution in [0.2, 0.25) is 0 Å². The van der Waals surface area contributed by atoms with Gasteiger partial charge in [-0.05, 0) is 42.5 Å². The van der Waals surface area contributed by atoms with Gasteiger partial charge in [0.05, 0.1) is 23.7 Å². The van der Waals surface area contributed by atoms with Crippen molar-refractivity contribution in [2.75, 3.05) is 13.2 Å². The molecule has 0 unspecified atom stereocenters. The predicted molar refractivity (Wildman–Crippen MR) is 125 cm³/mol. The van der Waals surface area contributed by atoms with Gasteiger partial charge < -0.3 is 15.3 Å². The fourth-order valence-corrected chi connectivity index (χ4v) is 3.11. The van der Waals surface area contributed by atoms with Crippen molar-refractivity contribution < 1.29 is 33.1 Å². The van der Waals surface area contributed by atoms with Crippen LogP contribution in [-0.2, 0) is 10.1 Å². The van der Waals surface area contributed by atoms with Gasteiger partial charge >= 0.3 is 5.97 Å². The van der Waals surface area contributed by atoms with Crippen molar-refractivity contribution in [1.29, 1.82) is 0 Å². The van der Waals surface area contributed by atoms with Crippen molar-refractivity contribution >= 4 is 16.1 Å². The van der Waals surface area contributed by atoms with Crippen molar-refractivity contribution in [3.05, 3.63) is 66.2 Å². The SMILES string of the molecule is CC(C)CCC(CO)(CO)C(C)C.O=C(O)c1ccccc1.O=S(=O)(O)c1ccccc1. The van der Waals surface area contributed by atoms with E-state index in [1.54, 1.807) is 48.5 Å². The molecule has 8 heteroatoms. The number of carboxylic acid groups (broad SMARTS) is 1. The number of benzene rings is 2. The molecule has 0 saturated carbocycles. The maximum Gasteiger partial charge on any atom is 0.335 e. The lowest BCUT2D eigenvalue weighted by molar-refractivity contribution is 0.00497. The van der Waals surface area contributed by atoms with Crippen LogP contribution >= 0.6 is 0 Å². The van der Waals surface area contributed by atoms with Gasteiger partial charge in [-0.15, -0.1) is 0 Å². The molecule has 0 bridgehead atoms. The van der Waals surface area contributed by atoms with E-state index in [1.165, 1.54) is 12.1 Å². The fourth-order valence-electron chi connectivity index (χ4n) is 2.61. The van der Waals surface area contributed by atoms with E-state index in [0.717, 1.165) is 12.8 Å². The molecule has 32 heavy (non-hydrogen) atoms. The number of aromatic carboxylic acids is 1. The Morgan fingerprint density at radius 3 is 1.56 bits per heavy atom. The highest BCUT2D eigenvalue weighted by molar-refractivity contribution is 7.85. The van der Waals surface area contributed by atoms with E-state index >= 15 is 0 Å². The number of aliphatic hydroxyl groups is 2. The summed E-state index contributed by atoms with van der Waals surface area (Å²) < 4.78 is 29.2. The molecule has 180 valence electrons. The first kappa shape index (κ1) is 29.7. The smallest absolute Gasteiger partial charge is 0.335 e. The fraction of sp³-hybridized carbons (Fsp3) is 0.458. The van der Waals surface area contributed by atoms with E-state index in [0.29, 0.717) is 17.4 Å². The van der Waals surface area contributed by atoms with Crippen LogP contribution in [0.15, 0.2) is 65.6 Å². The summed E-state index contributed by atoms with van der Waals surface area (Å²) >= 11 is 0. The van der Waals surface area contributed by atoms with Gasteiger partial charge in [0.25, 0.3) is 10.1 Å². The van der Waals surface area contributed by atoms with Gasteiger partial charge in [-0.1, -0.05) is 70.5 Å². The Morgan fingerprint density at radius 1 is 0.875 bits per heavy atom. The van der Waals surface area contributed by atoms with Crippen molar-refractivity contribution in [2.45, 2.75) is 45.4 Å². The van der Waals surface area contributed by atoms with Crippen LogP contribution in [0.5, 0.6) is 0 Å². The Kier molecular flexibility index (Phi) is 13.7. The van der Waals surface area contributed by atoms with Gasteiger partial charge in [-0.25, -0.2) is 4.79 Å². The molecular formula is C24H36O7S. The molecule has 2 aromatic rings. The Bertz CT molecular complexity index is 860. The van der Waals surface area contributed by atoms with Gasteiger partial charge in [-0.3, -0.25) is 4.55 Å². The van der Waals surface area contributed by atoms with E-state index in [9.17, 15) is 23.4 Å². The average Bonchev–Trinajstić information content (AvgIpc) is 2.76. The molecule has 0 spiro atoms. The lowest BCUT2D eigenvalue weighted by atomic mass is 9.74.